The van der Waals surface area contributed by atoms with Crippen LogP contribution in [0.2, 0.25) is 0 Å². The zero-order valence-electron chi connectivity index (χ0n) is 10.6. The van der Waals surface area contributed by atoms with Crippen molar-refractivity contribution in [3.05, 3.63) is 35.4 Å². The summed E-state index contributed by atoms with van der Waals surface area (Å²) in [6.07, 6.45) is 1.81. The van der Waals surface area contributed by atoms with Crippen molar-refractivity contribution < 1.29 is 14.3 Å². The molecule has 0 aromatic heterocycles. The van der Waals surface area contributed by atoms with Gasteiger partial charge in [0.15, 0.2) is 0 Å². The van der Waals surface area contributed by atoms with Crippen LogP contribution in [0.3, 0.4) is 0 Å². The topological polar surface area (TPSA) is 35.5 Å². The fraction of sp³-hybridized carbons (Fsp3) is 0.500. The molecule has 0 radical (unpaired) electrons. The van der Waals surface area contributed by atoms with E-state index >= 15 is 0 Å². The van der Waals surface area contributed by atoms with Crippen LogP contribution in [0.1, 0.15) is 36.2 Å². The molecular weight excluding hydrogens is 216 g/mol. The maximum atomic E-state index is 11.8. The molecule has 1 rings (SSSR count). The average molecular weight is 236 g/mol. The molecule has 0 aliphatic heterocycles. The maximum absolute atomic E-state index is 11.8. The van der Waals surface area contributed by atoms with E-state index in [0.717, 1.165) is 18.4 Å². The minimum atomic E-state index is -0.262. The van der Waals surface area contributed by atoms with E-state index in [1.54, 1.807) is 6.07 Å². The molecular formula is C14H20O3. The van der Waals surface area contributed by atoms with Gasteiger partial charge in [0.25, 0.3) is 0 Å². The molecule has 17 heavy (non-hydrogen) atoms. The molecule has 0 fully saturated rings. The van der Waals surface area contributed by atoms with Crippen LogP contribution < -0.4 is 0 Å². The van der Waals surface area contributed by atoms with Gasteiger partial charge in [0.2, 0.25) is 0 Å². The lowest BCUT2D eigenvalue weighted by molar-refractivity contribution is 0.0317. The summed E-state index contributed by atoms with van der Waals surface area (Å²) in [7, 11) is 0. The Morgan fingerprint density at radius 1 is 1.12 bits per heavy atom. The highest BCUT2D eigenvalue weighted by Gasteiger charge is 2.10. The number of rotatable bonds is 7. The Morgan fingerprint density at radius 3 is 2.59 bits per heavy atom. The molecule has 0 spiro atoms. The second kappa shape index (κ2) is 7.85. The molecule has 1 aromatic rings. The van der Waals surface area contributed by atoms with E-state index in [9.17, 15) is 4.79 Å². The summed E-state index contributed by atoms with van der Waals surface area (Å²) in [6, 6.07) is 7.53. The Kier molecular flexibility index (Phi) is 6.33. The van der Waals surface area contributed by atoms with Crippen molar-refractivity contribution in [2.45, 2.75) is 26.7 Å². The van der Waals surface area contributed by atoms with Gasteiger partial charge in [-0.2, -0.15) is 0 Å². The van der Waals surface area contributed by atoms with Gasteiger partial charge in [-0.1, -0.05) is 32.0 Å². The summed E-state index contributed by atoms with van der Waals surface area (Å²) in [4.78, 5) is 11.8. The highest BCUT2D eigenvalue weighted by molar-refractivity contribution is 5.91. The molecule has 0 saturated carbocycles. The van der Waals surface area contributed by atoms with Gasteiger partial charge in [0.05, 0.1) is 12.2 Å². The number of benzene rings is 1. The largest absolute Gasteiger partial charge is 0.460 e. The van der Waals surface area contributed by atoms with Gasteiger partial charge in [-0.25, -0.2) is 4.79 Å². The van der Waals surface area contributed by atoms with Crippen LogP contribution in [0.25, 0.3) is 0 Å². The molecule has 0 aliphatic carbocycles. The Labute approximate surface area is 103 Å². The molecule has 3 heteroatoms. The Morgan fingerprint density at radius 2 is 1.88 bits per heavy atom. The van der Waals surface area contributed by atoms with E-state index in [-0.39, 0.29) is 5.97 Å². The van der Waals surface area contributed by atoms with Crippen molar-refractivity contribution in [3.63, 3.8) is 0 Å². The van der Waals surface area contributed by atoms with E-state index in [0.29, 0.717) is 25.4 Å². The van der Waals surface area contributed by atoms with Crippen LogP contribution in [0, 0.1) is 0 Å². The number of ether oxygens (including phenoxy) is 2. The SMILES string of the molecule is CCCOCCOC(=O)c1ccccc1CC. The van der Waals surface area contributed by atoms with E-state index < -0.39 is 0 Å². The summed E-state index contributed by atoms with van der Waals surface area (Å²) in [5.41, 5.74) is 1.68. The highest BCUT2D eigenvalue weighted by Crippen LogP contribution is 2.10. The van der Waals surface area contributed by atoms with E-state index in [1.807, 2.05) is 32.0 Å². The van der Waals surface area contributed by atoms with E-state index in [4.69, 9.17) is 9.47 Å². The molecule has 0 heterocycles. The fourth-order valence-electron chi connectivity index (χ4n) is 1.55. The van der Waals surface area contributed by atoms with Gasteiger partial charge in [-0.3, -0.25) is 0 Å². The van der Waals surface area contributed by atoms with Gasteiger partial charge >= 0.3 is 5.97 Å². The molecule has 0 N–H and O–H groups in total. The van der Waals surface area contributed by atoms with Crippen LogP contribution in [-0.2, 0) is 15.9 Å². The van der Waals surface area contributed by atoms with Crippen molar-refractivity contribution in [3.8, 4) is 0 Å². The molecule has 0 bridgehead atoms. The van der Waals surface area contributed by atoms with Crippen LogP contribution >= 0.6 is 0 Å². The van der Waals surface area contributed by atoms with E-state index in [1.165, 1.54) is 0 Å². The van der Waals surface area contributed by atoms with E-state index in [2.05, 4.69) is 0 Å². The predicted octanol–water partition coefficient (Wildman–Crippen LogP) is 2.83. The quantitative estimate of drug-likeness (QED) is 0.539. The van der Waals surface area contributed by atoms with Crippen LogP contribution in [0.4, 0.5) is 0 Å². The number of hydrogen-bond donors (Lipinski definition) is 0. The zero-order chi connectivity index (χ0) is 12.5. The highest BCUT2D eigenvalue weighted by atomic mass is 16.6. The third-order valence-corrected chi connectivity index (χ3v) is 2.43. The molecule has 0 aliphatic rings. The molecule has 0 unspecified atom stereocenters. The maximum Gasteiger partial charge on any atom is 0.338 e. The number of carbonyl (C=O) groups is 1. The number of aryl methyl sites for hydroxylation is 1. The van der Waals surface area contributed by atoms with Crippen molar-refractivity contribution >= 4 is 5.97 Å². The van der Waals surface area contributed by atoms with Crippen LogP contribution in [0.15, 0.2) is 24.3 Å². The minimum Gasteiger partial charge on any atom is -0.460 e. The lowest BCUT2D eigenvalue weighted by atomic mass is 10.1. The first-order chi connectivity index (χ1) is 8.29. The summed E-state index contributed by atoms with van der Waals surface area (Å²) in [5, 5.41) is 0. The summed E-state index contributed by atoms with van der Waals surface area (Å²) in [5.74, 6) is -0.262. The molecule has 0 saturated heterocycles. The molecule has 1 aromatic carbocycles. The van der Waals surface area contributed by atoms with Crippen molar-refractivity contribution in [1.29, 1.82) is 0 Å². The lowest BCUT2D eigenvalue weighted by Gasteiger charge is -2.08. The number of esters is 1. The van der Waals surface area contributed by atoms with Gasteiger partial charge in [-0.05, 0) is 24.5 Å². The lowest BCUT2D eigenvalue weighted by Crippen LogP contribution is -2.12. The summed E-state index contributed by atoms with van der Waals surface area (Å²) < 4.78 is 10.4. The Bertz CT molecular complexity index is 347. The van der Waals surface area contributed by atoms with Gasteiger partial charge < -0.3 is 9.47 Å². The predicted molar refractivity (Wildman–Crippen MR) is 67.2 cm³/mol. The minimum absolute atomic E-state index is 0.262. The van der Waals surface area contributed by atoms with Crippen LogP contribution in [0.5, 0.6) is 0 Å². The molecule has 0 amide bonds. The van der Waals surface area contributed by atoms with Crippen molar-refractivity contribution in [2.75, 3.05) is 19.8 Å². The Hall–Kier alpha value is -1.35. The van der Waals surface area contributed by atoms with Gasteiger partial charge in [0.1, 0.15) is 6.61 Å². The van der Waals surface area contributed by atoms with Crippen molar-refractivity contribution in [2.24, 2.45) is 0 Å². The molecule has 94 valence electrons. The van der Waals surface area contributed by atoms with Crippen molar-refractivity contribution in [1.82, 2.24) is 0 Å². The first-order valence-corrected chi connectivity index (χ1v) is 6.12. The fourth-order valence-corrected chi connectivity index (χ4v) is 1.55. The van der Waals surface area contributed by atoms with Gasteiger partial charge in [0, 0.05) is 6.61 Å². The third kappa shape index (κ3) is 4.57. The average Bonchev–Trinajstić information content (AvgIpc) is 2.38. The first-order valence-electron chi connectivity index (χ1n) is 6.12. The zero-order valence-corrected chi connectivity index (χ0v) is 10.6. The normalized spacial score (nSPS) is 10.2. The Balaban J connectivity index is 2.41. The molecule has 0 atom stereocenters. The third-order valence-electron chi connectivity index (χ3n) is 2.43. The number of carbonyl (C=O) groups excluding carboxylic acids is 1. The number of hydrogen-bond acceptors (Lipinski definition) is 3. The van der Waals surface area contributed by atoms with Gasteiger partial charge in [-0.15, -0.1) is 0 Å². The standard InChI is InChI=1S/C14H20O3/c1-3-9-16-10-11-17-14(15)13-8-6-5-7-12(13)4-2/h5-8H,3-4,9-11H2,1-2H3. The second-order valence-electron chi connectivity index (χ2n) is 3.76. The monoisotopic (exact) mass is 236 g/mol. The first kappa shape index (κ1) is 13.7. The summed E-state index contributed by atoms with van der Waals surface area (Å²) in [6.45, 7) is 5.56. The molecule has 3 nitrogen and oxygen atoms in total. The second-order valence-corrected chi connectivity index (χ2v) is 3.76. The smallest absolute Gasteiger partial charge is 0.338 e. The summed E-state index contributed by atoms with van der Waals surface area (Å²) >= 11 is 0. The van der Waals surface area contributed by atoms with Crippen LogP contribution in [-0.4, -0.2) is 25.8 Å².